The standard InChI is InChI=1S/C11H22N6O5S2/c1-12-10(23)16-14-3-5(15-17-11(24)13-2)7(20)9(22)8(21)6(19)4-18/h3,6-9,18-22H,4H2,1-2H3,(H2,12,16,23)(H2,13,17,24). The minimum atomic E-state index is -1.85. The van der Waals surface area contributed by atoms with Crippen LogP contribution in [0.2, 0.25) is 0 Å². The molecule has 0 saturated carbocycles. The number of aliphatic hydroxyl groups excluding tert-OH is 5. The van der Waals surface area contributed by atoms with Gasteiger partial charge in [-0.3, -0.25) is 10.9 Å². The van der Waals surface area contributed by atoms with Crippen molar-refractivity contribution in [2.45, 2.75) is 24.4 Å². The van der Waals surface area contributed by atoms with Crippen molar-refractivity contribution < 1.29 is 25.5 Å². The molecule has 138 valence electrons. The van der Waals surface area contributed by atoms with Crippen molar-refractivity contribution in [1.29, 1.82) is 0 Å². The highest BCUT2D eigenvalue weighted by Crippen LogP contribution is 2.06. The molecule has 9 N–H and O–H groups in total. The first kappa shape index (κ1) is 22.5. The third-order valence-corrected chi connectivity index (χ3v) is 3.25. The average Bonchev–Trinajstić information content (AvgIpc) is 2.60. The zero-order valence-corrected chi connectivity index (χ0v) is 14.7. The maximum absolute atomic E-state index is 10.1. The summed E-state index contributed by atoms with van der Waals surface area (Å²) in [4.78, 5) is 0. The largest absolute Gasteiger partial charge is 0.394 e. The zero-order chi connectivity index (χ0) is 18.7. The van der Waals surface area contributed by atoms with E-state index in [1.165, 1.54) is 7.05 Å². The van der Waals surface area contributed by atoms with Crippen LogP contribution in [0.5, 0.6) is 0 Å². The summed E-state index contributed by atoms with van der Waals surface area (Å²) in [7, 11) is 3.11. The summed E-state index contributed by atoms with van der Waals surface area (Å²) in [5, 5.41) is 60.7. The molecule has 11 nitrogen and oxygen atoms in total. The van der Waals surface area contributed by atoms with E-state index in [4.69, 9.17) is 29.5 Å². The van der Waals surface area contributed by atoms with Crippen LogP contribution in [0.25, 0.3) is 0 Å². The second kappa shape index (κ2) is 12.0. The highest BCUT2D eigenvalue weighted by Gasteiger charge is 2.32. The fourth-order valence-electron chi connectivity index (χ4n) is 1.25. The van der Waals surface area contributed by atoms with Gasteiger partial charge >= 0.3 is 0 Å². The van der Waals surface area contributed by atoms with Gasteiger partial charge in [0.1, 0.15) is 30.1 Å². The summed E-state index contributed by atoms with van der Waals surface area (Å²) >= 11 is 9.63. The highest BCUT2D eigenvalue weighted by molar-refractivity contribution is 7.80. The molecule has 0 aromatic rings. The number of nitrogens with one attached hydrogen (secondary N) is 4. The molecule has 0 aromatic carbocycles. The molecule has 0 rings (SSSR count). The molecule has 0 aliphatic heterocycles. The maximum Gasteiger partial charge on any atom is 0.186 e. The lowest BCUT2D eigenvalue weighted by Crippen LogP contribution is -2.49. The van der Waals surface area contributed by atoms with Crippen LogP contribution in [0.15, 0.2) is 10.2 Å². The number of rotatable bonds is 8. The van der Waals surface area contributed by atoms with Gasteiger partial charge in [-0.15, -0.1) is 0 Å². The molecule has 0 fully saturated rings. The average molecular weight is 382 g/mol. The fourth-order valence-corrected chi connectivity index (χ4v) is 1.35. The Bertz CT molecular complexity index is 478. The minimum Gasteiger partial charge on any atom is -0.394 e. The first-order chi connectivity index (χ1) is 11.3. The van der Waals surface area contributed by atoms with Crippen molar-refractivity contribution in [3.05, 3.63) is 0 Å². The molecule has 0 saturated heterocycles. The van der Waals surface area contributed by atoms with Gasteiger partial charge in [0.15, 0.2) is 10.2 Å². The lowest BCUT2D eigenvalue weighted by molar-refractivity contribution is -0.100. The second-order valence-corrected chi connectivity index (χ2v) is 5.17. The third-order valence-electron chi connectivity index (χ3n) is 2.66. The van der Waals surface area contributed by atoms with Crippen molar-refractivity contribution >= 4 is 46.6 Å². The van der Waals surface area contributed by atoms with Gasteiger partial charge in [0.05, 0.1) is 12.8 Å². The van der Waals surface area contributed by atoms with Crippen molar-refractivity contribution in [1.82, 2.24) is 21.5 Å². The van der Waals surface area contributed by atoms with E-state index >= 15 is 0 Å². The number of aliphatic hydroxyl groups is 5. The van der Waals surface area contributed by atoms with E-state index in [9.17, 15) is 20.4 Å². The van der Waals surface area contributed by atoms with Crippen molar-refractivity contribution in [2.75, 3.05) is 20.7 Å². The Hall–Kier alpha value is -1.48. The smallest absolute Gasteiger partial charge is 0.186 e. The monoisotopic (exact) mass is 382 g/mol. The van der Waals surface area contributed by atoms with Gasteiger partial charge in [-0.2, -0.15) is 10.2 Å². The minimum absolute atomic E-state index is 0.122. The van der Waals surface area contributed by atoms with Crippen LogP contribution in [0, 0.1) is 0 Å². The van der Waals surface area contributed by atoms with E-state index in [1.807, 2.05) is 0 Å². The van der Waals surface area contributed by atoms with E-state index in [0.717, 1.165) is 6.21 Å². The van der Waals surface area contributed by atoms with Gasteiger partial charge in [-0.05, 0) is 24.4 Å². The van der Waals surface area contributed by atoms with Gasteiger partial charge in [0, 0.05) is 14.1 Å². The Morgan fingerprint density at radius 1 is 1.00 bits per heavy atom. The second-order valence-electron chi connectivity index (χ2n) is 4.35. The van der Waals surface area contributed by atoms with Crippen LogP contribution in [0.4, 0.5) is 0 Å². The van der Waals surface area contributed by atoms with Crippen molar-refractivity contribution in [3.8, 4) is 0 Å². The van der Waals surface area contributed by atoms with E-state index in [-0.39, 0.29) is 15.9 Å². The van der Waals surface area contributed by atoms with Crippen LogP contribution in [-0.4, -0.2) is 92.8 Å². The summed E-state index contributed by atoms with van der Waals surface area (Å²) in [5.41, 5.74) is 4.56. The SMILES string of the molecule is CNC(=S)NN=CC(=NNC(=S)NC)C(O)C(O)C(O)C(O)CO. The van der Waals surface area contributed by atoms with E-state index in [2.05, 4.69) is 31.7 Å². The molecule has 4 atom stereocenters. The molecule has 4 unspecified atom stereocenters. The van der Waals surface area contributed by atoms with Crippen LogP contribution in [0.3, 0.4) is 0 Å². The lowest BCUT2D eigenvalue weighted by Gasteiger charge is -2.25. The molecule has 0 radical (unpaired) electrons. The summed E-state index contributed by atoms with van der Waals surface area (Å²) in [6.07, 6.45) is -6.03. The zero-order valence-electron chi connectivity index (χ0n) is 13.0. The van der Waals surface area contributed by atoms with Crippen LogP contribution in [0.1, 0.15) is 0 Å². The molecule has 13 heteroatoms. The van der Waals surface area contributed by atoms with Crippen LogP contribution >= 0.6 is 24.4 Å². The van der Waals surface area contributed by atoms with Gasteiger partial charge in [0.25, 0.3) is 0 Å². The molecule has 0 spiro atoms. The Kier molecular flexibility index (Phi) is 11.2. The molecule has 0 amide bonds. The number of thiocarbonyl (C=S) groups is 2. The Balaban J connectivity index is 5.20. The number of nitrogens with zero attached hydrogens (tertiary/aromatic N) is 2. The first-order valence-corrected chi connectivity index (χ1v) is 7.49. The summed E-state index contributed by atoms with van der Waals surface area (Å²) in [5.74, 6) is 0. The Morgan fingerprint density at radius 2 is 1.54 bits per heavy atom. The molecule has 0 aliphatic carbocycles. The Labute approximate surface area is 149 Å². The highest BCUT2D eigenvalue weighted by atomic mass is 32.1. The molecular weight excluding hydrogens is 360 g/mol. The summed E-state index contributed by atoms with van der Waals surface area (Å²) in [6, 6.07) is 0. The van der Waals surface area contributed by atoms with E-state index < -0.39 is 31.0 Å². The third kappa shape index (κ3) is 7.87. The maximum atomic E-state index is 10.1. The van der Waals surface area contributed by atoms with Crippen LogP contribution < -0.4 is 21.5 Å². The van der Waals surface area contributed by atoms with Crippen LogP contribution in [-0.2, 0) is 0 Å². The van der Waals surface area contributed by atoms with Gasteiger partial charge in [-0.25, -0.2) is 0 Å². The van der Waals surface area contributed by atoms with Gasteiger partial charge < -0.3 is 36.2 Å². The normalized spacial score (nSPS) is 16.9. The predicted molar refractivity (Wildman–Crippen MR) is 96.6 cm³/mol. The number of hydrogen-bond acceptors (Lipinski definition) is 9. The van der Waals surface area contributed by atoms with Crippen molar-refractivity contribution in [3.63, 3.8) is 0 Å². The fraction of sp³-hybridized carbons (Fsp3) is 0.636. The molecule has 0 heterocycles. The molecular formula is C11H22N6O5S2. The van der Waals surface area contributed by atoms with E-state index in [1.54, 1.807) is 7.05 Å². The van der Waals surface area contributed by atoms with Crippen molar-refractivity contribution in [2.24, 2.45) is 10.2 Å². The quantitative estimate of drug-likeness (QED) is 0.114. The summed E-state index contributed by atoms with van der Waals surface area (Å²) in [6.45, 7) is -0.800. The molecule has 0 aliphatic rings. The van der Waals surface area contributed by atoms with E-state index in [0.29, 0.717) is 0 Å². The van der Waals surface area contributed by atoms with Gasteiger partial charge in [0.2, 0.25) is 0 Å². The topological polar surface area (TPSA) is 174 Å². The van der Waals surface area contributed by atoms with Gasteiger partial charge in [-0.1, -0.05) is 0 Å². The number of hydrazone groups is 2. The summed E-state index contributed by atoms with van der Waals surface area (Å²) < 4.78 is 0. The molecule has 0 bridgehead atoms. The lowest BCUT2D eigenvalue weighted by atomic mass is 10.0. The molecule has 24 heavy (non-hydrogen) atoms. The number of hydrogen-bond donors (Lipinski definition) is 9. The Morgan fingerprint density at radius 3 is 2.04 bits per heavy atom. The molecule has 0 aromatic heterocycles. The first-order valence-electron chi connectivity index (χ1n) is 6.67. The predicted octanol–water partition coefficient (Wildman–Crippen LogP) is -4.05.